The number of carbonyl (C=O) groups is 1. The van der Waals surface area contributed by atoms with Crippen LogP contribution in [0, 0.1) is 0 Å². The Morgan fingerprint density at radius 1 is 1.11 bits per heavy atom. The van der Waals surface area contributed by atoms with E-state index in [1.54, 1.807) is 42.3 Å². The van der Waals surface area contributed by atoms with Gasteiger partial charge in [0, 0.05) is 19.2 Å². The predicted molar refractivity (Wildman–Crippen MR) is 108 cm³/mol. The molecule has 0 bridgehead atoms. The molecule has 0 aliphatic heterocycles. The lowest BCUT2D eigenvalue weighted by Crippen LogP contribution is -2.38. The predicted octanol–water partition coefficient (Wildman–Crippen LogP) is 2.75. The maximum absolute atomic E-state index is 13.0. The number of nitrogen functional groups attached to an aromatic ring is 1. The van der Waals surface area contributed by atoms with Crippen molar-refractivity contribution in [3.8, 4) is 5.75 Å². The van der Waals surface area contributed by atoms with E-state index in [2.05, 4.69) is 27.4 Å². The molecule has 3 aromatic rings. The van der Waals surface area contributed by atoms with Gasteiger partial charge in [0.05, 0.1) is 5.69 Å². The first-order valence-electron chi connectivity index (χ1n) is 9.05. The van der Waals surface area contributed by atoms with E-state index < -0.39 is 0 Å². The van der Waals surface area contributed by atoms with Gasteiger partial charge in [-0.2, -0.15) is 4.98 Å². The summed E-state index contributed by atoms with van der Waals surface area (Å²) in [5, 5.41) is 12.9. The van der Waals surface area contributed by atoms with Crippen LogP contribution in [0.2, 0.25) is 0 Å². The number of rotatable bonds is 4. The summed E-state index contributed by atoms with van der Waals surface area (Å²) in [5.74, 6) is 0.202. The minimum Gasteiger partial charge on any atom is -0.506 e. The highest BCUT2D eigenvalue weighted by molar-refractivity contribution is 5.93. The molecule has 0 saturated heterocycles. The summed E-state index contributed by atoms with van der Waals surface area (Å²) >= 11 is 0. The average molecular weight is 375 g/mol. The highest BCUT2D eigenvalue weighted by atomic mass is 16.3. The Balaban J connectivity index is 1.55. The van der Waals surface area contributed by atoms with E-state index in [1.165, 1.54) is 11.1 Å². The Kier molecular flexibility index (Phi) is 4.57. The minimum atomic E-state index is -0.216. The van der Waals surface area contributed by atoms with E-state index in [9.17, 15) is 9.90 Å². The zero-order chi connectivity index (χ0) is 19.7. The first-order valence-corrected chi connectivity index (χ1v) is 9.05. The lowest BCUT2D eigenvalue weighted by atomic mass is 10.1. The van der Waals surface area contributed by atoms with Crippen LogP contribution in [0.1, 0.15) is 21.6 Å². The van der Waals surface area contributed by atoms with Crippen LogP contribution in [0.4, 0.5) is 17.5 Å². The molecule has 0 unspecified atom stereocenters. The maximum atomic E-state index is 13.0. The Morgan fingerprint density at radius 3 is 2.43 bits per heavy atom. The summed E-state index contributed by atoms with van der Waals surface area (Å²) in [5.41, 5.74) is 9.05. The number of hydrogen-bond donors (Lipinski definition) is 3. The molecule has 4 N–H and O–H groups in total. The number of carbonyl (C=O) groups excluding carboxylic acids is 1. The number of likely N-dealkylation sites (N-methyl/N-ethyl adjacent to an activating group) is 1. The lowest BCUT2D eigenvalue weighted by Gasteiger charge is -2.24. The smallest absolute Gasteiger partial charge is 0.272 e. The van der Waals surface area contributed by atoms with Crippen molar-refractivity contribution in [2.75, 3.05) is 18.1 Å². The zero-order valence-corrected chi connectivity index (χ0v) is 15.5. The van der Waals surface area contributed by atoms with Crippen molar-refractivity contribution < 1.29 is 9.90 Å². The van der Waals surface area contributed by atoms with E-state index in [4.69, 9.17) is 5.73 Å². The fraction of sp³-hybridized carbons (Fsp3) is 0.190. The molecule has 0 fully saturated rings. The first-order chi connectivity index (χ1) is 13.5. The number of para-hydroxylation sites is 2. The van der Waals surface area contributed by atoms with Crippen molar-refractivity contribution in [3.63, 3.8) is 0 Å². The number of phenols is 1. The van der Waals surface area contributed by atoms with Crippen LogP contribution in [0.3, 0.4) is 0 Å². The van der Waals surface area contributed by atoms with Gasteiger partial charge in [0.2, 0.25) is 5.95 Å². The number of aromatic nitrogens is 2. The Morgan fingerprint density at radius 2 is 1.75 bits per heavy atom. The second-order valence-electron chi connectivity index (χ2n) is 6.89. The van der Waals surface area contributed by atoms with Crippen molar-refractivity contribution in [3.05, 3.63) is 71.4 Å². The number of aromatic hydroxyl groups is 1. The van der Waals surface area contributed by atoms with Crippen LogP contribution >= 0.6 is 0 Å². The molecule has 2 aromatic carbocycles. The molecular weight excluding hydrogens is 354 g/mol. The highest BCUT2D eigenvalue weighted by Crippen LogP contribution is 2.27. The molecule has 4 rings (SSSR count). The molecule has 0 radical (unpaired) electrons. The molecule has 1 aliphatic carbocycles. The molecule has 142 valence electrons. The fourth-order valence-corrected chi connectivity index (χ4v) is 3.51. The van der Waals surface area contributed by atoms with Crippen LogP contribution < -0.4 is 11.1 Å². The molecule has 0 spiro atoms. The second kappa shape index (κ2) is 7.19. The van der Waals surface area contributed by atoms with E-state index in [0.717, 1.165) is 12.8 Å². The van der Waals surface area contributed by atoms with E-state index in [0.29, 0.717) is 11.5 Å². The number of amides is 1. The van der Waals surface area contributed by atoms with Crippen LogP contribution in [0.15, 0.2) is 54.6 Å². The van der Waals surface area contributed by atoms with E-state index in [1.807, 2.05) is 12.1 Å². The van der Waals surface area contributed by atoms with Crippen molar-refractivity contribution >= 4 is 23.4 Å². The Labute approximate surface area is 162 Å². The number of anilines is 3. The average Bonchev–Trinajstić information content (AvgIpc) is 3.12. The van der Waals surface area contributed by atoms with Gasteiger partial charge in [-0.3, -0.25) is 4.79 Å². The monoisotopic (exact) mass is 375 g/mol. The van der Waals surface area contributed by atoms with Crippen LogP contribution in [-0.4, -0.2) is 39.0 Å². The summed E-state index contributed by atoms with van der Waals surface area (Å²) < 4.78 is 0. The van der Waals surface area contributed by atoms with Crippen molar-refractivity contribution in [2.24, 2.45) is 0 Å². The lowest BCUT2D eigenvalue weighted by molar-refractivity contribution is 0.0732. The van der Waals surface area contributed by atoms with Gasteiger partial charge in [-0.1, -0.05) is 36.4 Å². The number of nitrogens with two attached hydrogens (primary N) is 1. The zero-order valence-electron chi connectivity index (χ0n) is 15.5. The number of phenolic OH excluding ortho intramolecular Hbond substituents is 1. The first kappa shape index (κ1) is 17.8. The summed E-state index contributed by atoms with van der Waals surface area (Å²) in [7, 11) is 1.79. The molecule has 1 aromatic heterocycles. The van der Waals surface area contributed by atoms with Gasteiger partial charge in [0.25, 0.3) is 5.91 Å². The molecule has 1 aliphatic rings. The number of benzene rings is 2. The third-order valence-corrected chi connectivity index (χ3v) is 5.03. The normalized spacial score (nSPS) is 13.2. The van der Waals surface area contributed by atoms with Crippen LogP contribution in [-0.2, 0) is 12.8 Å². The van der Waals surface area contributed by atoms with Gasteiger partial charge in [0.15, 0.2) is 0 Å². The van der Waals surface area contributed by atoms with Gasteiger partial charge in [0.1, 0.15) is 17.3 Å². The van der Waals surface area contributed by atoms with Gasteiger partial charge >= 0.3 is 0 Å². The van der Waals surface area contributed by atoms with Crippen molar-refractivity contribution in [1.82, 2.24) is 14.9 Å². The van der Waals surface area contributed by atoms with E-state index in [-0.39, 0.29) is 29.3 Å². The van der Waals surface area contributed by atoms with Gasteiger partial charge < -0.3 is 21.1 Å². The van der Waals surface area contributed by atoms with E-state index >= 15 is 0 Å². The van der Waals surface area contributed by atoms with Gasteiger partial charge in [-0.25, -0.2) is 4.98 Å². The SMILES string of the molecule is CN(C(=O)c1cc(Nc2ccccc2O)nc(N)n1)C1Cc2ccccc2C1. The summed E-state index contributed by atoms with van der Waals surface area (Å²) in [6.07, 6.45) is 1.64. The third-order valence-electron chi connectivity index (χ3n) is 5.03. The third kappa shape index (κ3) is 3.46. The Bertz CT molecular complexity index is 1010. The number of hydrogen-bond acceptors (Lipinski definition) is 6. The van der Waals surface area contributed by atoms with Crippen molar-refractivity contribution in [2.45, 2.75) is 18.9 Å². The number of fused-ring (bicyclic) bond motifs is 1. The molecule has 7 nitrogen and oxygen atoms in total. The van der Waals surface area contributed by atoms with Gasteiger partial charge in [-0.15, -0.1) is 0 Å². The molecule has 7 heteroatoms. The molecule has 28 heavy (non-hydrogen) atoms. The number of nitrogens with zero attached hydrogens (tertiary/aromatic N) is 3. The molecule has 1 amide bonds. The highest BCUT2D eigenvalue weighted by Gasteiger charge is 2.28. The summed E-state index contributed by atoms with van der Waals surface area (Å²) in [6.45, 7) is 0. The molecule has 1 heterocycles. The molecule has 0 atom stereocenters. The van der Waals surface area contributed by atoms with Crippen molar-refractivity contribution in [1.29, 1.82) is 0 Å². The minimum absolute atomic E-state index is 0.00752. The maximum Gasteiger partial charge on any atom is 0.272 e. The van der Waals surface area contributed by atoms with Gasteiger partial charge in [-0.05, 0) is 36.1 Å². The second-order valence-corrected chi connectivity index (χ2v) is 6.89. The molecular formula is C21H21N5O2. The Hall–Kier alpha value is -3.61. The fourth-order valence-electron chi connectivity index (χ4n) is 3.51. The van der Waals surface area contributed by atoms with Crippen LogP contribution in [0.5, 0.6) is 5.75 Å². The van der Waals surface area contributed by atoms with Crippen LogP contribution in [0.25, 0.3) is 0 Å². The standard InChI is InChI=1S/C21H21N5O2/c1-26(15-10-13-6-2-3-7-14(13)11-15)20(28)17-12-19(25-21(22)24-17)23-16-8-4-5-9-18(16)27/h2-9,12,15,27H,10-11H2,1H3,(H3,22,23,24,25). The quantitative estimate of drug-likeness (QED) is 0.606. The summed E-state index contributed by atoms with van der Waals surface area (Å²) in [6, 6.07) is 16.6. The number of nitrogens with one attached hydrogen (secondary N) is 1. The summed E-state index contributed by atoms with van der Waals surface area (Å²) in [4.78, 5) is 23.0. The largest absolute Gasteiger partial charge is 0.506 e. The topological polar surface area (TPSA) is 104 Å². The molecule has 0 saturated carbocycles.